The topological polar surface area (TPSA) is 84.0 Å². The van der Waals surface area contributed by atoms with Gasteiger partial charge in [0.15, 0.2) is 5.58 Å². The van der Waals surface area contributed by atoms with E-state index in [1.807, 2.05) is 0 Å². The van der Waals surface area contributed by atoms with Crippen molar-refractivity contribution in [3.05, 3.63) is 22.7 Å². The Balaban J connectivity index is 2.34. The molecule has 5 nitrogen and oxygen atoms in total. The zero-order chi connectivity index (χ0) is 12.6. The number of anilines is 2. The first kappa shape index (κ1) is 11.6. The van der Waals surface area contributed by atoms with Crippen LogP contribution in [0.25, 0.3) is 11.1 Å². The zero-order valence-electron chi connectivity index (χ0n) is 10.3. The molecule has 0 aliphatic rings. The summed E-state index contributed by atoms with van der Waals surface area (Å²) in [7, 11) is 0. The Morgan fingerprint density at radius 3 is 2.76 bits per heavy atom. The molecule has 0 saturated carbocycles. The van der Waals surface area contributed by atoms with Crippen molar-refractivity contribution in [1.29, 1.82) is 0 Å². The van der Waals surface area contributed by atoms with Crippen LogP contribution in [0.15, 0.2) is 21.3 Å². The summed E-state index contributed by atoms with van der Waals surface area (Å²) in [6, 6.07) is 3.44. The Morgan fingerprint density at radius 2 is 2.12 bits per heavy atom. The normalized spacial score (nSPS) is 11.9. The molecule has 0 radical (unpaired) electrons. The summed E-state index contributed by atoms with van der Waals surface area (Å²) in [5, 5.41) is 3.27. The fraction of sp³-hybridized carbons (Fsp3) is 0.417. The van der Waals surface area contributed by atoms with Crippen LogP contribution in [0.4, 0.5) is 11.4 Å². The summed E-state index contributed by atoms with van der Waals surface area (Å²) < 4.78 is 4.93. The van der Waals surface area contributed by atoms with Crippen molar-refractivity contribution in [1.82, 2.24) is 4.98 Å². The molecule has 0 spiro atoms. The van der Waals surface area contributed by atoms with Crippen molar-refractivity contribution in [2.24, 2.45) is 5.41 Å². The van der Waals surface area contributed by atoms with Crippen LogP contribution < -0.4 is 16.8 Å². The quantitative estimate of drug-likeness (QED) is 0.696. The minimum Gasteiger partial charge on any atom is -0.408 e. The Morgan fingerprint density at radius 1 is 1.41 bits per heavy atom. The van der Waals surface area contributed by atoms with Crippen LogP contribution in [0.2, 0.25) is 0 Å². The van der Waals surface area contributed by atoms with E-state index in [2.05, 4.69) is 31.1 Å². The van der Waals surface area contributed by atoms with Crippen molar-refractivity contribution in [2.75, 3.05) is 17.6 Å². The summed E-state index contributed by atoms with van der Waals surface area (Å²) in [6.07, 6.45) is 0. The largest absolute Gasteiger partial charge is 0.417 e. The number of nitrogen functional groups attached to an aromatic ring is 1. The third-order valence-corrected chi connectivity index (χ3v) is 2.40. The standard InChI is InChI=1S/C12H17N3O2/c1-12(2,3)6-14-8-5-9-10(4-7(8)13)17-11(16)15-9/h4-5,14H,6,13H2,1-3H3,(H,15,16). The smallest absolute Gasteiger partial charge is 0.408 e. The molecule has 0 aliphatic carbocycles. The number of aromatic nitrogens is 1. The average molecular weight is 235 g/mol. The maximum Gasteiger partial charge on any atom is 0.417 e. The number of H-pyrrole nitrogens is 1. The predicted molar refractivity (Wildman–Crippen MR) is 69.2 cm³/mol. The first-order valence-corrected chi connectivity index (χ1v) is 5.51. The van der Waals surface area contributed by atoms with Crippen molar-refractivity contribution in [2.45, 2.75) is 20.8 Å². The number of fused-ring (bicyclic) bond motifs is 1. The third-order valence-electron chi connectivity index (χ3n) is 2.40. The summed E-state index contributed by atoms with van der Waals surface area (Å²) in [6.45, 7) is 7.20. The predicted octanol–water partition coefficient (Wildman–Crippen LogP) is 2.16. The minimum absolute atomic E-state index is 0.158. The van der Waals surface area contributed by atoms with Gasteiger partial charge in [-0.15, -0.1) is 0 Å². The Bertz CT molecular complexity index is 590. The molecule has 0 amide bonds. The van der Waals surface area contributed by atoms with E-state index in [0.717, 1.165) is 12.2 Å². The van der Waals surface area contributed by atoms with Gasteiger partial charge >= 0.3 is 5.76 Å². The van der Waals surface area contributed by atoms with Crippen molar-refractivity contribution >= 4 is 22.5 Å². The Labute approximate surface area is 99.0 Å². The number of benzene rings is 1. The summed E-state index contributed by atoms with van der Waals surface area (Å²) >= 11 is 0. The third kappa shape index (κ3) is 2.61. The highest BCUT2D eigenvalue weighted by Gasteiger charge is 2.12. The van der Waals surface area contributed by atoms with Gasteiger partial charge in [0, 0.05) is 12.6 Å². The van der Waals surface area contributed by atoms with Crippen molar-refractivity contribution in [3.63, 3.8) is 0 Å². The molecule has 0 bridgehead atoms. The maximum atomic E-state index is 11.0. The molecule has 2 aromatic rings. The Hall–Kier alpha value is -1.91. The van der Waals surface area contributed by atoms with Gasteiger partial charge in [-0.3, -0.25) is 4.98 Å². The molecule has 5 heteroatoms. The van der Waals surface area contributed by atoms with Gasteiger partial charge in [0.2, 0.25) is 0 Å². The molecular formula is C12H17N3O2. The van der Waals surface area contributed by atoms with Crippen LogP contribution in [0.1, 0.15) is 20.8 Å². The van der Waals surface area contributed by atoms with Crippen LogP contribution in [0, 0.1) is 5.41 Å². The Kier molecular flexibility index (Phi) is 2.61. The molecular weight excluding hydrogens is 218 g/mol. The van der Waals surface area contributed by atoms with Gasteiger partial charge in [0.1, 0.15) is 0 Å². The van der Waals surface area contributed by atoms with Crippen LogP contribution >= 0.6 is 0 Å². The van der Waals surface area contributed by atoms with E-state index in [9.17, 15) is 4.79 Å². The molecule has 1 aromatic carbocycles. The highest BCUT2D eigenvalue weighted by atomic mass is 16.4. The van der Waals surface area contributed by atoms with Gasteiger partial charge in [-0.05, 0) is 11.5 Å². The molecule has 0 fully saturated rings. The van der Waals surface area contributed by atoms with Crippen molar-refractivity contribution in [3.8, 4) is 0 Å². The van der Waals surface area contributed by atoms with Crippen LogP contribution in [-0.4, -0.2) is 11.5 Å². The lowest BCUT2D eigenvalue weighted by molar-refractivity contribution is 0.443. The molecule has 17 heavy (non-hydrogen) atoms. The molecule has 0 atom stereocenters. The number of nitrogens with two attached hydrogens (primary N) is 1. The first-order valence-electron chi connectivity index (χ1n) is 5.51. The fourth-order valence-electron chi connectivity index (χ4n) is 1.53. The highest BCUT2D eigenvalue weighted by molar-refractivity contribution is 5.85. The molecule has 0 saturated heterocycles. The number of oxazole rings is 1. The number of hydrogen-bond acceptors (Lipinski definition) is 4. The van der Waals surface area contributed by atoms with Crippen molar-refractivity contribution < 1.29 is 4.42 Å². The second-order valence-electron chi connectivity index (χ2n) is 5.36. The molecule has 1 heterocycles. The second kappa shape index (κ2) is 3.84. The fourth-order valence-corrected chi connectivity index (χ4v) is 1.53. The summed E-state index contributed by atoms with van der Waals surface area (Å²) in [4.78, 5) is 13.7. The molecule has 0 aliphatic heterocycles. The van der Waals surface area contributed by atoms with Gasteiger partial charge < -0.3 is 15.5 Å². The van der Waals surface area contributed by atoms with E-state index in [-0.39, 0.29) is 5.41 Å². The minimum atomic E-state index is -0.465. The molecule has 0 unspecified atom stereocenters. The summed E-state index contributed by atoms with van der Waals surface area (Å²) in [5.74, 6) is -0.465. The average Bonchev–Trinajstić information content (AvgIpc) is 2.52. The number of aromatic amines is 1. The van der Waals surface area contributed by atoms with Crippen LogP contribution in [0.5, 0.6) is 0 Å². The van der Waals surface area contributed by atoms with Crippen LogP contribution in [0.3, 0.4) is 0 Å². The van der Waals surface area contributed by atoms with E-state index in [4.69, 9.17) is 10.2 Å². The molecule has 92 valence electrons. The second-order valence-corrected chi connectivity index (χ2v) is 5.36. The van der Waals surface area contributed by atoms with Gasteiger partial charge in [-0.25, -0.2) is 4.79 Å². The van der Waals surface area contributed by atoms with E-state index in [1.54, 1.807) is 12.1 Å². The van der Waals surface area contributed by atoms with Gasteiger partial charge in [0.25, 0.3) is 0 Å². The number of nitrogens with one attached hydrogen (secondary N) is 2. The van der Waals surface area contributed by atoms with E-state index in [1.165, 1.54) is 0 Å². The first-order chi connectivity index (χ1) is 7.85. The van der Waals surface area contributed by atoms with Gasteiger partial charge in [0.05, 0.1) is 16.9 Å². The highest BCUT2D eigenvalue weighted by Crippen LogP contribution is 2.25. The number of hydrogen-bond donors (Lipinski definition) is 3. The number of rotatable bonds is 2. The lowest BCUT2D eigenvalue weighted by atomic mass is 9.97. The van der Waals surface area contributed by atoms with Crippen LogP contribution in [-0.2, 0) is 0 Å². The molecule has 2 rings (SSSR count). The monoisotopic (exact) mass is 235 g/mol. The lowest BCUT2D eigenvalue weighted by Crippen LogP contribution is -2.19. The summed E-state index contributed by atoms with van der Waals surface area (Å²) in [5.41, 5.74) is 8.56. The SMILES string of the molecule is CC(C)(C)CNc1cc2[nH]c(=O)oc2cc1N. The van der Waals surface area contributed by atoms with Gasteiger partial charge in [-0.1, -0.05) is 20.8 Å². The van der Waals surface area contributed by atoms with E-state index < -0.39 is 5.76 Å². The van der Waals surface area contributed by atoms with Gasteiger partial charge in [-0.2, -0.15) is 0 Å². The van der Waals surface area contributed by atoms with E-state index in [0.29, 0.717) is 16.8 Å². The zero-order valence-corrected chi connectivity index (χ0v) is 10.3. The molecule has 1 aromatic heterocycles. The molecule has 4 N–H and O–H groups in total. The lowest BCUT2D eigenvalue weighted by Gasteiger charge is -2.20. The van der Waals surface area contributed by atoms with E-state index >= 15 is 0 Å². The maximum absolute atomic E-state index is 11.0.